The normalized spacial score (nSPS) is 11.7. The molecule has 5 nitrogen and oxygen atoms in total. The average molecular weight is 376 g/mol. The van der Waals surface area contributed by atoms with Gasteiger partial charge in [0, 0.05) is 18.6 Å². The zero-order valence-electron chi connectivity index (χ0n) is 16.5. The molecule has 142 valence electrons. The van der Waals surface area contributed by atoms with E-state index in [4.69, 9.17) is 0 Å². The highest BCUT2D eigenvalue weighted by Gasteiger charge is 2.21. The summed E-state index contributed by atoms with van der Waals surface area (Å²) in [4.78, 5) is 32.1. The lowest BCUT2D eigenvalue weighted by Gasteiger charge is -2.30. The van der Waals surface area contributed by atoms with Crippen LogP contribution in [0.2, 0.25) is 0 Å². The Bertz CT molecular complexity index is 819. The first-order valence-electron chi connectivity index (χ1n) is 9.15. The first kappa shape index (κ1) is 20.5. The summed E-state index contributed by atoms with van der Waals surface area (Å²) in [5, 5.41) is 1.23. The first-order valence-corrected chi connectivity index (χ1v) is 10.1. The Morgan fingerprint density at radius 2 is 1.73 bits per heavy atom. The van der Waals surface area contributed by atoms with Gasteiger partial charge in [-0.25, -0.2) is 4.98 Å². The number of amides is 1. The fraction of sp³-hybridized carbons (Fsp3) is 0.550. The van der Waals surface area contributed by atoms with E-state index in [1.54, 1.807) is 10.6 Å². The van der Waals surface area contributed by atoms with Crippen molar-refractivity contribution in [1.29, 1.82) is 0 Å². The van der Waals surface area contributed by atoms with Crippen LogP contribution in [0.5, 0.6) is 0 Å². The van der Waals surface area contributed by atoms with Crippen molar-refractivity contribution in [3.8, 4) is 0 Å². The highest BCUT2D eigenvalue weighted by Crippen LogP contribution is 2.20. The van der Waals surface area contributed by atoms with E-state index in [-0.39, 0.29) is 29.3 Å². The van der Waals surface area contributed by atoms with Crippen LogP contribution in [0, 0.1) is 5.92 Å². The van der Waals surface area contributed by atoms with Crippen LogP contribution in [0.1, 0.15) is 41.5 Å². The molecule has 0 fully saturated rings. The molecule has 0 saturated heterocycles. The Kier molecular flexibility index (Phi) is 6.87. The van der Waals surface area contributed by atoms with Gasteiger partial charge in [0.15, 0.2) is 5.16 Å². The highest BCUT2D eigenvalue weighted by molar-refractivity contribution is 7.99. The van der Waals surface area contributed by atoms with Crippen molar-refractivity contribution in [3.05, 3.63) is 34.6 Å². The predicted molar refractivity (Wildman–Crippen MR) is 109 cm³/mol. The molecule has 0 aliphatic heterocycles. The number of nitrogens with zero attached hydrogens (tertiary/aromatic N) is 3. The van der Waals surface area contributed by atoms with E-state index in [0.717, 1.165) is 0 Å². The zero-order chi connectivity index (χ0) is 19.4. The van der Waals surface area contributed by atoms with Crippen molar-refractivity contribution in [2.24, 2.45) is 5.92 Å². The van der Waals surface area contributed by atoms with Gasteiger partial charge < -0.3 is 4.90 Å². The van der Waals surface area contributed by atoms with E-state index in [2.05, 4.69) is 18.8 Å². The van der Waals surface area contributed by atoms with Crippen molar-refractivity contribution in [1.82, 2.24) is 14.5 Å². The van der Waals surface area contributed by atoms with E-state index in [0.29, 0.717) is 28.5 Å². The molecule has 6 heteroatoms. The molecule has 0 aliphatic carbocycles. The lowest BCUT2D eigenvalue weighted by atomic mass is 10.2. The Labute approximate surface area is 159 Å². The Morgan fingerprint density at radius 1 is 1.12 bits per heavy atom. The quantitative estimate of drug-likeness (QED) is 0.546. The summed E-state index contributed by atoms with van der Waals surface area (Å²) < 4.78 is 1.71. The second-order valence-electron chi connectivity index (χ2n) is 7.50. The van der Waals surface area contributed by atoms with Gasteiger partial charge in [-0.2, -0.15) is 0 Å². The maximum atomic E-state index is 12.9. The minimum Gasteiger partial charge on any atom is -0.337 e. The van der Waals surface area contributed by atoms with Crippen molar-refractivity contribution < 1.29 is 4.79 Å². The molecule has 0 radical (unpaired) electrons. The molecule has 0 atom stereocenters. The van der Waals surface area contributed by atoms with Crippen LogP contribution in [0.4, 0.5) is 0 Å². The molecule has 2 rings (SSSR count). The van der Waals surface area contributed by atoms with E-state index in [9.17, 15) is 9.59 Å². The largest absolute Gasteiger partial charge is 0.337 e. The summed E-state index contributed by atoms with van der Waals surface area (Å²) in [6.45, 7) is 12.8. The molecule has 1 aromatic heterocycles. The third-order valence-electron chi connectivity index (χ3n) is 4.10. The molecule has 1 amide bonds. The number of carbonyl (C=O) groups excluding carboxylic acids is 1. The van der Waals surface area contributed by atoms with Crippen LogP contribution >= 0.6 is 11.8 Å². The summed E-state index contributed by atoms with van der Waals surface area (Å²) >= 11 is 1.35. The molecule has 1 aromatic carbocycles. The molecule has 2 aromatic rings. The summed E-state index contributed by atoms with van der Waals surface area (Å²) in [7, 11) is 0. The van der Waals surface area contributed by atoms with E-state index < -0.39 is 0 Å². The van der Waals surface area contributed by atoms with E-state index in [1.165, 1.54) is 11.8 Å². The van der Waals surface area contributed by atoms with Crippen LogP contribution in [0.3, 0.4) is 0 Å². The van der Waals surface area contributed by atoms with Crippen molar-refractivity contribution in [2.45, 2.75) is 65.3 Å². The predicted octanol–water partition coefficient (Wildman–Crippen LogP) is 3.79. The Balaban J connectivity index is 2.36. The zero-order valence-corrected chi connectivity index (χ0v) is 17.3. The van der Waals surface area contributed by atoms with Gasteiger partial charge in [-0.1, -0.05) is 37.7 Å². The second-order valence-corrected chi connectivity index (χ2v) is 8.44. The van der Waals surface area contributed by atoms with Gasteiger partial charge in [0.25, 0.3) is 5.56 Å². The highest BCUT2D eigenvalue weighted by atomic mass is 32.2. The Morgan fingerprint density at radius 3 is 2.31 bits per heavy atom. The van der Waals surface area contributed by atoms with Crippen molar-refractivity contribution in [3.63, 3.8) is 0 Å². The molecule has 0 bridgehead atoms. The molecule has 1 heterocycles. The van der Waals surface area contributed by atoms with Crippen LogP contribution in [-0.4, -0.2) is 38.2 Å². The van der Waals surface area contributed by atoms with Crippen molar-refractivity contribution >= 4 is 28.6 Å². The molecule has 0 aliphatic rings. The van der Waals surface area contributed by atoms with E-state index >= 15 is 0 Å². The van der Waals surface area contributed by atoms with Crippen LogP contribution in [0.25, 0.3) is 10.9 Å². The topological polar surface area (TPSA) is 55.2 Å². The number of rotatable bonds is 7. The van der Waals surface area contributed by atoms with Crippen LogP contribution in [0.15, 0.2) is 34.2 Å². The van der Waals surface area contributed by atoms with Gasteiger partial charge in [-0.3, -0.25) is 14.2 Å². The molecule has 26 heavy (non-hydrogen) atoms. The van der Waals surface area contributed by atoms with Gasteiger partial charge >= 0.3 is 0 Å². The standard InChI is InChI=1S/C20H29N3O2S/c1-13(2)11-22-19(25)16-9-7-8-10-17(16)21-20(22)26-12-18(24)23(14(3)4)15(5)6/h7-10,13-15H,11-12H2,1-6H3. The number of hydrogen-bond donors (Lipinski definition) is 0. The fourth-order valence-electron chi connectivity index (χ4n) is 3.16. The smallest absolute Gasteiger partial charge is 0.262 e. The summed E-state index contributed by atoms with van der Waals surface area (Å²) in [6, 6.07) is 7.67. The summed E-state index contributed by atoms with van der Waals surface area (Å²) in [6.07, 6.45) is 0. The number of benzene rings is 1. The lowest BCUT2D eigenvalue weighted by molar-refractivity contribution is -0.131. The molecule has 0 unspecified atom stereocenters. The van der Waals surface area contributed by atoms with Gasteiger partial charge in [-0.05, 0) is 45.7 Å². The number of para-hydroxylation sites is 1. The fourth-order valence-corrected chi connectivity index (χ4v) is 4.03. The monoisotopic (exact) mass is 375 g/mol. The number of carbonyl (C=O) groups is 1. The second kappa shape index (κ2) is 8.71. The molecular weight excluding hydrogens is 346 g/mol. The summed E-state index contributed by atoms with van der Waals surface area (Å²) in [5.41, 5.74) is 0.640. The number of hydrogen-bond acceptors (Lipinski definition) is 4. The SMILES string of the molecule is CC(C)Cn1c(SCC(=O)N(C(C)C)C(C)C)nc2ccccc2c1=O. The van der Waals surface area contributed by atoms with Gasteiger partial charge in [-0.15, -0.1) is 0 Å². The lowest BCUT2D eigenvalue weighted by Crippen LogP contribution is -2.43. The van der Waals surface area contributed by atoms with Gasteiger partial charge in [0.1, 0.15) is 0 Å². The van der Waals surface area contributed by atoms with Gasteiger partial charge in [0.05, 0.1) is 16.7 Å². The molecule has 0 saturated carbocycles. The minimum absolute atomic E-state index is 0.0381. The number of fused-ring (bicyclic) bond motifs is 1. The van der Waals surface area contributed by atoms with Crippen LogP contribution in [-0.2, 0) is 11.3 Å². The summed E-state index contributed by atoms with van der Waals surface area (Å²) in [5.74, 6) is 0.659. The number of thioether (sulfide) groups is 1. The molecular formula is C20H29N3O2S. The number of aromatic nitrogens is 2. The maximum Gasteiger partial charge on any atom is 0.262 e. The van der Waals surface area contributed by atoms with E-state index in [1.807, 2.05) is 50.8 Å². The van der Waals surface area contributed by atoms with Crippen molar-refractivity contribution in [2.75, 3.05) is 5.75 Å². The maximum absolute atomic E-state index is 12.9. The Hall–Kier alpha value is -1.82. The van der Waals surface area contributed by atoms with Gasteiger partial charge in [0.2, 0.25) is 5.91 Å². The minimum atomic E-state index is -0.0381. The van der Waals surface area contributed by atoms with Crippen LogP contribution < -0.4 is 5.56 Å². The third kappa shape index (κ3) is 4.67. The first-order chi connectivity index (χ1) is 12.2. The molecule has 0 N–H and O–H groups in total. The average Bonchev–Trinajstić information content (AvgIpc) is 2.55. The molecule has 0 spiro atoms. The third-order valence-corrected chi connectivity index (χ3v) is 5.06.